The van der Waals surface area contributed by atoms with Crippen LogP contribution in [0.25, 0.3) is 0 Å². The number of halogens is 1. The Kier molecular flexibility index (Phi) is 3.51. The molecule has 0 radical (unpaired) electrons. The van der Waals surface area contributed by atoms with Crippen molar-refractivity contribution < 1.29 is 8.42 Å². The monoisotopic (exact) mass is 284 g/mol. The van der Waals surface area contributed by atoms with Crippen LogP contribution in [0.5, 0.6) is 0 Å². The molecule has 1 aromatic rings. The van der Waals surface area contributed by atoms with Crippen LogP contribution in [0.4, 0.5) is 5.69 Å². The number of nitriles is 1. The van der Waals surface area contributed by atoms with Crippen molar-refractivity contribution in [3.63, 3.8) is 0 Å². The molecule has 1 aliphatic heterocycles. The molecule has 0 bridgehead atoms. The van der Waals surface area contributed by atoms with Crippen LogP contribution in [0.2, 0.25) is 5.02 Å². The van der Waals surface area contributed by atoms with Crippen molar-refractivity contribution in [3.05, 3.63) is 29.3 Å². The van der Waals surface area contributed by atoms with E-state index in [0.717, 1.165) is 0 Å². The maximum absolute atomic E-state index is 11.7. The van der Waals surface area contributed by atoms with E-state index in [0.29, 0.717) is 23.6 Å². The fraction of sp³-hybridized carbons (Fsp3) is 0.417. The normalized spacial score (nSPS) is 26.2. The number of anilines is 1. The molecule has 1 fully saturated rings. The van der Waals surface area contributed by atoms with Gasteiger partial charge in [0.05, 0.1) is 17.6 Å². The second kappa shape index (κ2) is 4.79. The first kappa shape index (κ1) is 13.2. The van der Waals surface area contributed by atoms with Gasteiger partial charge in [0.15, 0.2) is 9.84 Å². The van der Waals surface area contributed by atoms with E-state index >= 15 is 0 Å². The number of hydrogen-bond donors (Lipinski definition) is 1. The van der Waals surface area contributed by atoms with Gasteiger partial charge in [-0.25, -0.2) is 8.42 Å². The largest absolute Gasteiger partial charge is 0.367 e. The number of nitrogens with one attached hydrogen (secondary N) is 1. The summed E-state index contributed by atoms with van der Waals surface area (Å²) in [7, 11) is -3.14. The van der Waals surface area contributed by atoms with Crippen LogP contribution < -0.4 is 5.32 Å². The van der Waals surface area contributed by atoms with Gasteiger partial charge in [0, 0.05) is 10.7 Å². The number of nitrogens with zero attached hydrogens (tertiary/aromatic N) is 1. The minimum absolute atomic E-state index is 0.140. The third-order valence-electron chi connectivity index (χ3n) is 2.97. The van der Waals surface area contributed by atoms with Crippen molar-refractivity contribution in [2.75, 3.05) is 16.8 Å². The number of hydrogen-bond acceptors (Lipinski definition) is 4. The van der Waals surface area contributed by atoms with Crippen LogP contribution in [0.3, 0.4) is 0 Å². The Morgan fingerprint density at radius 3 is 2.56 bits per heavy atom. The molecule has 18 heavy (non-hydrogen) atoms. The van der Waals surface area contributed by atoms with Crippen molar-refractivity contribution >= 4 is 27.1 Å². The van der Waals surface area contributed by atoms with Crippen molar-refractivity contribution in [1.82, 2.24) is 0 Å². The number of benzene rings is 1. The van der Waals surface area contributed by atoms with Crippen molar-refractivity contribution in [3.8, 4) is 6.07 Å². The molecule has 2 rings (SSSR count). The molecule has 1 N–H and O–H groups in total. The minimum Gasteiger partial charge on any atom is -0.367 e. The summed E-state index contributed by atoms with van der Waals surface area (Å²) in [6.45, 7) is 0. The lowest BCUT2D eigenvalue weighted by Crippen LogP contribution is -2.47. The molecule has 0 spiro atoms. The van der Waals surface area contributed by atoms with Gasteiger partial charge >= 0.3 is 0 Å². The van der Waals surface area contributed by atoms with Crippen molar-refractivity contribution in [2.45, 2.75) is 18.4 Å². The molecular formula is C12H13ClN2O2S. The molecule has 0 amide bonds. The molecule has 0 aliphatic carbocycles. The van der Waals surface area contributed by atoms with Gasteiger partial charge in [0.2, 0.25) is 0 Å². The Balaban J connectivity index is 2.24. The molecule has 0 saturated carbocycles. The van der Waals surface area contributed by atoms with Gasteiger partial charge in [-0.15, -0.1) is 0 Å². The molecule has 1 atom stereocenters. The molecular weight excluding hydrogens is 272 g/mol. The van der Waals surface area contributed by atoms with Crippen LogP contribution in [-0.2, 0) is 9.84 Å². The van der Waals surface area contributed by atoms with E-state index in [1.807, 2.05) is 0 Å². The highest BCUT2D eigenvalue weighted by atomic mass is 35.5. The van der Waals surface area contributed by atoms with E-state index in [-0.39, 0.29) is 11.5 Å². The first-order valence-corrected chi connectivity index (χ1v) is 7.80. The third kappa shape index (κ3) is 2.95. The summed E-state index contributed by atoms with van der Waals surface area (Å²) in [6.07, 6.45) is 1.04. The standard InChI is InChI=1S/C12H13ClN2O2S/c13-10-2-4-11(5-3-10)15-12(8-14)6-1-7-18(16,17)9-12/h2-5,15H,1,6-7,9H2. The Hall–Kier alpha value is -1.25. The third-order valence-corrected chi connectivity index (χ3v) is 5.06. The fourth-order valence-corrected chi connectivity index (χ4v) is 4.02. The summed E-state index contributed by atoms with van der Waals surface area (Å²) in [6, 6.07) is 8.99. The van der Waals surface area contributed by atoms with E-state index in [1.54, 1.807) is 24.3 Å². The van der Waals surface area contributed by atoms with Crippen LogP contribution >= 0.6 is 11.6 Å². The fourth-order valence-electron chi connectivity index (χ4n) is 2.14. The lowest BCUT2D eigenvalue weighted by Gasteiger charge is -2.32. The first-order chi connectivity index (χ1) is 8.45. The molecule has 1 unspecified atom stereocenters. The van der Waals surface area contributed by atoms with Crippen molar-refractivity contribution in [1.29, 1.82) is 5.26 Å². The van der Waals surface area contributed by atoms with Gasteiger partial charge < -0.3 is 5.32 Å². The molecule has 96 valence electrons. The van der Waals surface area contributed by atoms with E-state index in [9.17, 15) is 13.7 Å². The lowest BCUT2D eigenvalue weighted by molar-refractivity contribution is 0.519. The highest BCUT2D eigenvalue weighted by Gasteiger charge is 2.39. The Morgan fingerprint density at radius 2 is 2.00 bits per heavy atom. The molecule has 1 aliphatic rings. The summed E-state index contributed by atoms with van der Waals surface area (Å²) in [5, 5.41) is 12.9. The zero-order chi connectivity index (χ0) is 13.2. The Labute approximate surface area is 111 Å². The van der Waals surface area contributed by atoms with Gasteiger partial charge in [-0.3, -0.25) is 0 Å². The zero-order valence-electron chi connectivity index (χ0n) is 9.69. The molecule has 1 heterocycles. The van der Waals surface area contributed by atoms with Gasteiger partial charge in [-0.2, -0.15) is 5.26 Å². The van der Waals surface area contributed by atoms with Gasteiger partial charge in [-0.05, 0) is 37.1 Å². The summed E-state index contributed by atoms with van der Waals surface area (Å²) in [5.41, 5.74) is -0.316. The highest BCUT2D eigenvalue weighted by molar-refractivity contribution is 7.91. The predicted molar refractivity (Wildman–Crippen MR) is 71.3 cm³/mol. The SMILES string of the molecule is N#CC1(Nc2ccc(Cl)cc2)CCCS(=O)(=O)C1. The van der Waals surface area contributed by atoms with Gasteiger partial charge in [0.25, 0.3) is 0 Å². The van der Waals surface area contributed by atoms with E-state index in [1.165, 1.54) is 0 Å². The van der Waals surface area contributed by atoms with E-state index in [4.69, 9.17) is 11.6 Å². The maximum Gasteiger partial charge on any atom is 0.153 e. The van der Waals surface area contributed by atoms with Crippen LogP contribution in [0.1, 0.15) is 12.8 Å². The Morgan fingerprint density at radius 1 is 1.33 bits per heavy atom. The highest BCUT2D eigenvalue weighted by Crippen LogP contribution is 2.27. The van der Waals surface area contributed by atoms with Crippen LogP contribution in [-0.4, -0.2) is 25.5 Å². The summed E-state index contributed by atoms with van der Waals surface area (Å²) >= 11 is 5.78. The van der Waals surface area contributed by atoms with Gasteiger partial charge in [-0.1, -0.05) is 11.6 Å². The second-order valence-electron chi connectivity index (χ2n) is 4.52. The predicted octanol–water partition coefficient (Wildman–Crippen LogP) is 2.22. The lowest BCUT2D eigenvalue weighted by atomic mass is 9.97. The zero-order valence-corrected chi connectivity index (χ0v) is 11.3. The molecule has 1 saturated heterocycles. The molecule has 1 aromatic carbocycles. The quantitative estimate of drug-likeness (QED) is 0.904. The second-order valence-corrected chi connectivity index (χ2v) is 7.14. The molecule has 0 aromatic heterocycles. The number of sulfone groups is 1. The van der Waals surface area contributed by atoms with E-state index < -0.39 is 15.4 Å². The van der Waals surface area contributed by atoms with Crippen LogP contribution in [0, 0.1) is 11.3 Å². The molecule has 6 heteroatoms. The minimum atomic E-state index is -3.14. The van der Waals surface area contributed by atoms with Gasteiger partial charge in [0.1, 0.15) is 5.54 Å². The average Bonchev–Trinajstić information content (AvgIpc) is 2.31. The van der Waals surface area contributed by atoms with Crippen LogP contribution in [0.15, 0.2) is 24.3 Å². The van der Waals surface area contributed by atoms with Crippen molar-refractivity contribution in [2.24, 2.45) is 0 Å². The summed E-state index contributed by atoms with van der Waals surface area (Å²) in [4.78, 5) is 0. The topological polar surface area (TPSA) is 70.0 Å². The number of rotatable bonds is 2. The average molecular weight is 285 g/mol. The maximum atomic E-state index is 11.7. The summed E-state index contributed by atoms with van der Waals surface area (Å²) < 4.78 is 23.3. The first-order valence-electron chi connectivity index (χ1n) is 5.60. The smallest absolute Gasteiger partial charge is 0.153 e. The molecule has 4 nitrogen and oxygen atoms in total. The Bertz CT molecular complexity index is 577. The van der Waals surface area contributed by atoms with E-state index in [2.05, 4.69) is 11.4 Å². The summed E-state index contributed by atoms with van der Waals surface area (Å²) in [5.74, 6) is 0.0256.